The lowest BCUT2D eigenvalue weighted by atomic mass is 10.1. The molecule has 0 aromatic carbocycles. The highest BCUT2D eigenvalue weighted by Crippen LogP contribution is 2.27. The number of aryl methyl sites for hydroxylation is 3. The first-order valence-electron chi connectivity index (χ1n) is 5.78. The highest BCUT2D eigenvalue weighted by atomic mass is 32.1. The van der Waals surface area contributed by atoms with Crippen LogP contribution in [0.3, 0.4) is 0 Å². The molecule has 0 fully saturated rings. The molecule has 1 aliphatic rings. The first kappa shape index (κ1) is 10.7. The van der Waals surface area contributed by atoms with Crippen molar-refractivity contribution < 1.29 is 0 Å². The van der Waals surface area contributed by atoms with Gasteiger partial charge in [0.15, 0.2) is 10.6 Å². The Hall–Kier alpha value is -1.49. The van der Waals surface area contributed by atoms with Crippen LogP contribution in [0.15, 0.2) is 6.07 Å². The van der Waals surface area contributed by atoms with E-state index in [0.717, 1.165) is 29.9 Å². The van der Waals surface area contributed by atoms with E-state index in [2.05, 4.69) is 21.2 Å². The zero-order valence-electron chi connectivity index (χ0n) is 9.95. The molecule has 0 atom stereocenters. The van der Waals surface area contributed by atoms with Crippen LogP contribution < -0.4 is 0 Å². The molecule has 1 aliphatic carbocycles. The van der Waals surface area contributed by atoms with E-state index in [9.17, 15) is 0 Å². The summed E-state index contributed by atoms with van der Waals surface area (Å²) in [6.45, 7) is 2.03. The Bertz CT molecular complexity index is 638. The number of rotatable bonds is 1. The van der Waals surface area contributed by atoms with Crippen LogP contribution in [0, 0.1) is 11.7 Å². The zero-order chi connectivity index (χ0) is 12.0. The lowest BCUT2D eigenvalue weighted by Crippen LogP contribution is -1.99. The molecule has 0 saturated heterocycles. The number of H-pyrrole nitrogens is 1. The van der Waals surface area contributed by atoms with Crippen LogP contribution in [-0.4, -0.2) is 19.7 Å². The Labute approximate surface area is 105 Å². The average Bonchev–Trinajstić information content (AvgIpc) is 2.86. The molecule has 0 aliphatic heterocycles. The van der Waals surface area contributed by atoms with Gasteiger partial charge in [-0.3, -0.25) is 10.1 Å². The monoisotopic (exact) mass is 246 g/mol. The standard InChI is InChI=1S/C12H14N4S/c1-7-9(11-14-15-12(17)16(11)2)6-8-4-3-5-10(8)13-7/h6H,3-5H2,1-2H3,(H,15,17). The van der Waals surface area contributed by atoms with E-state index in [1.807, 2.05) is 18.5 Å². The number of hydrogen-bond donors (Lipinski definition) is 1. The van der Waals surface area contributed by atoms with Crippen LogP contribution in [0.4, 0.5) is 0 Å². The van der Waals surface area contributed by atoms with Gasteiger partial charge in [0.25, 0.3) is 0 Å². The van der Waals surface area contributed by atoms with Crippen LogP contribution in [0.1, 0.15) is 23.4 Å². The molecule has 88 valence electrons. The second kappa shape index (κ2) is 3.77. The van der Waals surface area contributed by atoms with Crippen molar-refractivity contribution in [2.45, 2.75) is 26.2 Å². The van der Waals surface area contributed by atoms with Gasteiger partial charge >= 0.3 is 0 Å². The van der Waals surface area contributed by atoms with Crippen molar-refractivity contribution in [3.8, 4) is 11.4 Å². The molecule has 4 nitrogen and oxygen atoms in total. The van der Waals surface area contributed by atoms with Gasteiger partial charge in [-0.15, -0.1) is 0 Å². The smallest absolute Gasteiger partial charge is 0.195 e. The van der Waals surface area contributed by atoms with E-state index >= 15 is 0 Å². The number of pyridine rings is 1. The molecule has 5 heteroatoms. The van der Waals surface area contributed by atoms with E-state index in [1.165, 1.54) is 17.7 Å². The molecule has 2 aromatic heterocycles. The highest BCUT2D eigenvalue weighted by molar-refractivity contribution is 7.71. The van der Waals surface area contributed by atoms with Crippen molar-refractivity contribution in [2.24, 2.45) is 7.05 Å². The second-order valence-corrected chi connectivity index (χ2v) is 4.88. The molecule has 1 N–H and O–H groups in total. The van der Waals surface area contributed by atoms with Gasteiger partial charge in [0.2, 0.25) is 0 Å². The second-order valence-electron chi connectivity index (χ2n) is 4.49. The lowest BCUT2D eigenvalue weighted by Gasteiger charge is -2.07. The van der Waals surface area contributed by atoms with Gasteiger partial charge < -0.3 is 4.57 Å². The molecule has 0 bridgehead atoms. The van der Waals surface area contributed by atoms with Gasteiger partial charge in [-0.05, 0) is 50.0 Å². The summed E-state index contributed by atoms with van der Waals surface area (Å²) in [6.07, 6.45) is 3.45. The van der Waals surface area contributed by atoms with Crippen molar-refractivity contribution in [3.05, 3.63) is 27.8 Å². The molecule has 0 unspecified atom stereocenters. The van der Waals surface area contributed by atoms with Crippen molar-refractivity contribution in [1.82, 2.24) is 19.7 Å². The number of hydrogen-bond acceptors (Lipinski definition) is 3. The Kier molecular flexibility index (Phi) is 2.36. The number of aromatic amines is 1. The normalized spacial score (nSPS) is 14.0. The minimum absolute atomic E-state index is 0.639. The minimum Gasteiger partial charge on any atom is -0.303 e. The molecule has 3 rings (SSSR count). The van der Waals surface area contributed by atoms with Crippen LogP contribution in [-0.2, 0) is 19.9 Å². The van der Waals surface area contributed by atoms with Gasteiger partial charge in [0.1, 0.15) is 0 Å². The summed E-state index contributed by atoms with van der Waals surface area (Å²) >= 11 is 5.14. The number of aromatic nitrogens is 4. The predicted octanol–water partition coefficient (Wildman–Crippen LogP) is 2.34. The third-order valence-corrected chi connectivity index (χ3v) is 3.73. The fourth-order valence-electron chi connectivity index (χ4n) is 2.39. The number of fused-ring (bicyclic) bond motifs is 1. The maximum Gasteiger partial charge on any atom is 0.195 e. The third kappa shape index (κ3) is 1.61. The summed E-state index contributed by atoms with van der Waals surface area (Å²) in [7, 11) is 1.92. The Morgan fingerprint density at radius 1 is 1.41 bits per heavy atom. The van der Waals surface area contributed by atoms with Gasteiger partial charge in [-0.1, -0.05) is 0 Å². The summed E-state index contributed by atoms with van der Waals surface area (Å²) < 4.78 is 2.53. The Morgan fingerprint density at radius 3 is 2.94 bits per heavy atom. The molecular formula is C12H14N4S. The maximum absolute atomic E-state index is 5.14. The van der Waals surface area contributed by atoms with Crippen molar-refractivity contribution >= 4 is 12.2 Å². The van der Waals surface area contributed by atoms with Crippen molar-refractivity contribution in [1.29, 1.82) is 0 Å². The summed E-state index contributed by atoms with van der Waals surface area (Å²) in [4.78, 5) is 4.68. The fraction of sp³-hybridized carbons (Fsp3) is 0.417. The lowest BCUT2D eigenvalue weighted by molar-refractivity contribution is 0.893. The van der Waals surface area contributed by atoms with Crippen LogP contribution >= 0.6 is 12.2 Å². The zero-order valence-corrected chi connectivity index (χ0v) is 10.8. The average molecular weight is 246 g/mol. The molecule has 0 spiro atoms. The van der Waals surface area contributed by atoms with Crippen molar-refractivity contribution in [3.63, 3.8) is 0 Å². The van der Waals surface area contributed by atoms with Gasteiger partial charge in [-0.2, -0.15) is 5.10 Å². The first-order chi connectivity index (χ1) is 8.16. The van der Waals surface area contributed by atoms with E-state index in [0.29, 0.717) is 4.77 Å². The molecule has 2 aromatic rings. The first-order valence-corrected chi connectivity index (χ1v) is 6.19. The third-order valence-electron chi connectivity index (χ3n) is 3.36. The summed E-state index contributed by atoms with van der Waals surface area (Å²) in [5.41, 5.74) is 4.73. The Morgan fingerprint density at radius 2 is 2.24 bits per heavy atom. The molecule has 2 heterocycles. The van der Waals surface area contributed by atoms with Gasteiger partial charge in [0.05, 0.1) is 0 Å². The Balaban J connectivity index is 2.21. The van der Waals surface area contributed by atoms with E-state index in [1.54, 1.807) is 0 Å². The van der Waals surface area contributed by atoms with E-state index < -0.39 is 0 Å². The summed E-state index contributed by atoms with van der Waals surface area (Å²) in [5, 5.41) is 7.10. The quantitative estimate of drug-likeness (QED) is 0.786. The largest absolute Gasteiger partial charge is 0.303 e. The molecule has 0 saturated carbocycles. The highest BCUT2D eigenvalue weighted by Gasteiger charge is 2.17. The summed E-state index contributed by atoms with van der Waals surface area (Å²) in [5.74, 6) is 0.870. The van der Waals surface area contributed by atoms with Crippen LogP contribution in [0.5, 0.6) is 0 Å². The van der Waals surface area contributed by atoms with Crippen molar-refractivity contribution in [2.75, 3.05) is 0 Å². The van der Waals surface area contributed by atoms with E-state index in [-0.39, 0.29) is 0 Å². The molecule has 0 amide bonds. The van der Waals surface area contributed by atoms with Crippen LogP contribution in [0.25, 0.3) is 11.4 Å². The topological polar surface area (TPSA) is 46.5 Å². The van der Waals surface area contributed by atoms with Gasteiger partial charge in [0, 0.05) is 24.0 Å². The summed E-state index contributed by atoms with van der Waals surface area (Å²) in [6, 6.07) is 2.22. The number of nitrogens with one attached hydrogen (secondary N) is 1. The molecule has 17 heavy (non-hydrogen) atoms. The predicted molar refractivity (Wildman–Crippen MR) is 68.4 cm³/mol. The molecular weight excluding hydrogens is 232 g/mol. The van der Waals surface area contributed by atoms with E-state index in [4.69, 9.17) is 12.2 Å². The molecule has 0 radical (unpaired) electrons. The fourth-order valence-corrected chi connectivity index (χ4v) is 2.52. The minimum atomic E-state index is 0.639. The SMILES string of the molecule is Cc1nc2c(cc1-c1n[nH]c(=S)n1C)CCC2. The maximum atomic E-state index is 5.14. The number of nitrogens with zero attached hydrogens (tertiary/aromatic N) is 3. The van der Waals surface area contributed by atoms with Gasteiger partial charge in [-0.25, -0.2) is 0 Å². The van der Waals surface area contributed by atoms with Crippen LogP contribution in [0.2, 0.25) is 0 Å².